The molecule has 2 aromatic rings. The Hall–Kier alpha value is -3.41. The summed E-state index contributed by atoms with van der Waals surface area (Å²) in [5.74, 6) is -3.42. The predicted octanol–water partition coefficient (Wildman–Crippen LogP) is 1.73. The smallest absolute Gasteiger partial charge is 0.259 e. The maximum Gasteiger partial charge on any atom is 0.259 e. The minimum Gasteiger partial charge on any atom is -0.380 e. The first kappa shape index (κ1) is 25.7. The molecule has 2 N–H and O–H groups in total. The highest BCUT2D eigenvalue weighted by atomic mass is 19.1. The van der Waals surface area contributed by atoms with E-state index in [-0.39, 0.29) is 30.1 Å². The summed E-state index contributed by atoms with van der Waals surface area (Å²) in [5, 5.41) is 12.9. The van der Waals surface area contributed by atoms with Gasteiger partial charge in [0, 0.05) is 31.0 Å². The van der Waals surface area contributed by atoms with E-state index in [0.29, 0.717) is 38.3 Å². The van der Waals surface area contributed by atoms with Crippen molar-refractivity contribution in [2.24, 2.45) is 0 Å². The highest BCUT2D eigenvalue weighted by molar-refractivity contribution is 6.04. The zero-order valence-electron chi connectivity index (χ0n) is 19.7. The van der Waals surface area contributed by atoms with Crippen LogP contribution < -0.4 is 10.2 Å². The number of morpholine rings is 2. The molecule has 192 valence electrons. The fraction of sp³-hybridized carbons (Fsp3) is 0.400. The number of anilines is 2. The largest absolute Gasteiger partial charge is 0.380 e. The van der Waals surface area contributed by atoms with Crippen LogP contribution in [0.1, 0.15) is 22.8 Å². The van der Waals surface area contributed by atoms with Gasteiger partial charge in [0.15, 0.2) is 12.2 Å². The summed E-state index contributed by atoms with van der Waals surface area (Å²) in [6, 6.07) is 7.86. The van der Waals surface area contributed by atoms with Crippen LogP contribution >= 0.6 is 0 Å². The van der Waals surface area contributed by atoms with Crippen molar-refractivity contribution in [3.05, 3.63) is 59.2 Å². The molecule has 0 aromatic heterocycles. The van der Waals surface area contributed by atoms with Crippen LogP contribution in [0, 0.1) is 11.6 Å². The molecule has 4 rings (SSSR count). The van der Waals surface area contributed by atoms with Gasteiger partial charge in [0.2, 0.25) is 0 Å². The Morgan fingerprint density at radius 1 is 1.08 bits per heavy atom. The molecule has 3 amide bonds. The van der Waals surface area contributed by atoms with Gasteiger partial charge in [-0.1, -0.05) is 13.0 Å². The fourth-order valence-electron chi connectivity index (χ4n) is 4.14. The topological polar surface area (TPSA) is 108 Å². The highest BCUT2D eigenvalue weighted by Gasteiger charge is 2.39. The molecule has 2 aliphatic heterocycles. The van der Waals surface area contributed by atoms with Gasteiger partial charge in [-0.15, -0.1) is 0 Å². The molecule has 2 atom stereocenters. The van der Waals surface area contributed by atoms with Crippen molar-refractivity contribution in [3.63, 3.8) is 0 Å². The summed E-state index contributed by atoms with van der Waals surface area (Å²) in [6.45, 7) is 3.22. The monoisotopic (exact) mass is 503 g/mol. The van der Waals surface area contributed by atoms with E-state index in [2.05, 4.69) is 5.32 Å². The van der Waals surface area contributed by atoms with Crippen molar-refractivity contribution in [1.82, 2.24) is 4.90 Å². The van der Waals surface area contributed by atoms with Gasteiger partial charge >= 0.3 is 0 Å². The molecule has 2 saturated heterocycles. The number of nitrogens with zero attached hydrogens (tertiary/aromatic N) is 2. The van der Waals surface area contributed by atoms with Crippen molar-refractivity contribution in [2.45, 2.75) is 25.6 Å². The number of carbonyl (C=O) groups excluding carboxylic acids is 3. The molecule has 0 saturated carbocycles. The Morgan fingerprint density at radius 2 is 1.83 bits per heavy atom. The molecule has 2 fully saturated rings. The molecular weight excluding hydrogens is 476 g/mol. The third-order valence-corrected chi connectivity index (χ3v) is 6.17. The number of benzene rings is 2. The zero-order chi connectivity index (χ0) is 25.8. The van der Waals surface area contributed by atoms with Crippen LogP contribution in [0.4, 0.5) is 20.2 Å². The maximum atomic E-state index is 14.5. The van der Waals surface area contributed by atoms with Gasteiger partial charge in [0.1, 0.15) is 11.6 Å². The Morgan fingerprint density at radius 3 is 2.53 bits per heavy atom. The zero-order valence-corrected chi connectivity index (χ0v) is 19.7. The van der Waals surface area contributed by atoms with Crippen molar-refractivity contribution in [1.29, 1.82) is 0 Å². The SMILES string of the molecule is CCc1ccc(NC(=O)[C@H](O)[C@H]2OCCN(c3ccc(F)c(C(=O)N4CCOCC4)c3)C2=O)cc1F. The second kappa shape index (κ2) is 11.1. The Balaban J connectivity index is 1.48. The normalized spacial score (nSPS) is 19.2. The van der Waals surface area contributed by atoms with Crippen LogP contribution in [0.5, 0.6) is 0 Å². The quantitative estimate of drug-likeness (QED) is 0.622. The Bertz CT molecular complexity index is 1150. The third kappa shape index (κ3) is 5.38. The van der Waals surface area contributed by atoms with E-state index < -0.39 is 41.6 Å². The van der Waals surface area contributed by atoms with Crippen LogP contribution in [0.3, 0.4) is 0 Å². The van der Waals surface area contributed by atoms with E-state index in [4.69, 9.17) is 9.47 Å². The third-order valence-electron chi connectivity index (χ3n) is 6.17. The van der Waals surface area contributed by atoms with E-state index in [0.717, 1.165) is 12.1 Å². The number of carbonyl (C=O) groups is 3. The lowest BCUT2D eigenvalue weighted by Crippen LogP contribution is -2.55. The number of halogens is 2. The fourth-order valence-corrected chi connectivity index (χ4v) is 4.14. The Labute approximate surface area is 206 Å². The summed E-state index contributed by atoms with van der Waals surface area (Å²) >= 11 is 0. The average molecular weight is 504 g/mol. The minimum absolute atomic E-state index is 0.00923. The highest BCUT2D eigenvalue weighted by Crippen LogP contribution is 2.25. The molecule has 0 spiro atoms. The predicted molar refractivity (Wildman–Crippen MR) is 126 cm³/mol. The maximum absolute atomic E-state index is 14.5. The van der Waals surface area contributed by atoms with Crippen LogP contribution in [0.15, 0.2) is 36.4 Å². The molecule has 0 unspecified atom stereocenters. The summed E-state index contributed by atoms with van der Waals surface area (Å²) in [6.07, 6.45) is -2.95. The first-order chi connectivity index (χ1) is 17.3. The van der Waals surface area contributed by atoms with Crippen molar-refractivity contribution < 1.29 is 37.7 Å². The summed E-state index contributed by atoms with van der Waals surface area (Å²) in [5.41, 5.74) is 0.636. The first-order valence-corrected chi connectivity index (χ1v) is 11.7. The van der Waals surface area contributed by atoms with Crippen molar-refractivity contribution in [2.75, 3.05) is 49.7 Å². The van der Waals surface area contributed by atoms with Crippen molar-refractivity contribution >= 4 is 29.1 Å². The second-order valence-corrected chi connectivity index (χ2v) is 8.44. The van der Waals surface area contributed by atoms with E-state index in [1.807, 2.05) is 0 Å². The van der Waals surface area contributed by atoms with Gasteiger partial charge in [-0.3, -0.25) is 14.4 Å². The number of rotatable bonds is 6. The second-order valence-electron chi connectivity index (χ2n) is 8.44. The summed E-state index contributed by atoms with van der Waals surface area (Å²) in [7, 11) is 0. The number of aliphatic hydroxyl groups excluding tert-OH is 1. The number of amides is 3. The Kier molecular flexibility index (Phi) is 7.92. The van der Waals surface area contributed by atoms with Crippen LogP contribution in [-0.4, -0.2) is 79.4 Å². The molecule has 0 radical (unpaired) electrons. The lowest BCUT2D eigenvalue weighted by Gasteiger charge is -2.34. The number of hydrogen-bond acceptors (Lipinski definition) is 6. The van der Waals surface area contributed by atoms with Gasteiger partial charge in [-0.2, -0.15) is 0 Å². The van der Waals surface area contributed by atoms with Gasteiger partial charge in [-0.05, 0) is 42.3 Å². The molecular formula is C25H27F2N3O6. The standard InChI is InChI=1S/C25H27F2N3O6/c1-2-15-3-4-16(13-20(15)27)28-23(32)21(31)22-25(34)30(9-12-36-22)17-5-6-19(26)18(14-17)24(33)29-7-10-35-11-8-29/h3-6,13-14,21-22,31H,2,7-12H2,1H3,(H,28,32)/t21-,22-/m1/s1. The van der Waals surface area contributed by atoms with E-state index in [9.17, 15) is 28.3 Å². The summed E-state index contributed by atoms with van der Waals surface area (Å²) < 4.78 is 39.1. The molecule has 2 aromatic carbocycles. The van der Waals surface area contributed by atoms with Crippen LogP contribution in [-0.2, 0) is 25.5 Å². The molecule has 36 heavy (non-hydrogen) atoms. The van der Waals surface area contributed by atoms with E-state index >= 15 is 0 Å². The van der Waals surface area contributed by atoms with Crippen LogP contribution in [0.25, 0.3) is 0 Å². The number of aryl methyl sites for hydroxylation is 1. The van der Waals surface area contributed by atoms with Crippen LogP contribution in [0.2, 0.25) is 0 Å². The van der Waals surface area contributed by atoms with Gasteiger partial charge in [-0.25, -0.2) is 8.78 Å². The number of ether oxygens (including phenoxy) is 2. The average Bonchev–Trinajstić information content (AvgIpc) is 2.89. The van der Waals surface area contributed by atoms with E-state index in [1.54, 1.807) is 6.92 Å². The number of hydrogen-bond donors (Lipinski definition) is 2. The van der Waals surface area contributed by atoms with Gasteiger partial charge in [0.05, 0.1) is 25.4 Å². The lowest BCUT2D eigenvalue weighted by molar-refractivity contribution is -0.150. The lowest BCUT2D eigenvalue weighted by atomic mass is 10.1. The minimum atomic E-state index is -1.89. The molecule has 0 aliphatic carbocycles. The van der Waals surface area contributed by atoms with Gasteiger partial charge < -0.3 is 29.7 Å². The van der Waals surface area contributed by atoms with Gasteiger partial charge in [0.25, 0.3) is 17.7 Å². The van der Waals surface area contributed by atoms with E-state index in [1.165, 1.54) is 34.1 Å². The summed E-state index contributed by atoms with van der Waals surface area (Å²) in [4.78, 5) is 41.2. The number of nitrogens with one attached hydrogen (secondary N) is 1. The molecule has 11 heteroatoms. The number of aliphatic hydroxyl groups is 1. The molecule has 9 nitrogen and oxygen atoms in total. The first-order valence-electron chi connectivity index (χ1n) is 11.7. The molecule has 2 heterocycles. The van der Waals surface area contributed by atoms with Crippen molar-refractivity contribution in [3.8, 4) is 0 Å². The molecule has 2 aliphatic rings. The molecule has 0 bridgehead atoms.